The normalized spacial score (nSPS) is 10.9. The van der Waals surface area contributed by atoms with E-state index in [-0.39, 0.29) is 5.69 Å². The molecule has 3 rings (SSSR count). The van der Waals surface area contributed by atoms with Crippen LogP contribution in [-0.2, 0) is 4.79 Å². The van der Waals surface area contributed by atoms with Crippen molar-refractivity contribution < 1.29 is 14.0 Å². The van der Waals surface area contributed by atoms with Crippen LogP contribution in [0, 0.1) is 3.77 Å². The standard InChI is InChI=1S/C16H11IN4O4/c17-12-7-5-9(25-12)6-8-13(22)18-21-16(24)14-10-3-1-2-4-11(10)15(23)20-19-14/h1-8H,(H,18,22)(H,20,23)(H,21,24)/b8-6+. The highest BCUT2D eigenvalue weighted by Gasteiger charge is 2.14. The summed E-state index contributed by atoms with van der Waals surface area (Å²) in [4.78, 5) is 35.6. The zero-order valence-electron chi connectivity index (χ0n) is 12.6. The highest BCUT2D eigenvalue weighted by molar-refractivity contribution is 14.1. The van der Waals surface area contributed by atoms with Crippen molar-refractivity contribution in [1.29, 1.82) is 0 Å². The number of H-pyrrole nitrogens is 1. The average molecular weight is 450 g/mol. The van der Waals surface area contributed by atoms with Crippen LogP contribution in [0.5, 0.6) is 0 Å². The summed E-state index contributed by atoms with van der Waals surface area (Å²) in [7, 11) is 0. The average Bonchev–Trinajstić information content (AvgIpc) is 3.04. The number of hydrogen-bond donors (Lipinski definition) is 3. The number of amides is 2. The highest BCUT2D eigenvalue weighted by Crippen LogP contribution is 2.12. The first-order chi connectivity index (χ1) is 12.0. The van der Waals surface area contributed by atoms with Crippen LogP contribution in [0.3, 0.4) is 0 Å². The Bertz CT molecular complexity index is 1040. The van der Waals surface area contributed by atoms with Gasteiger partial charge in [0.1, 0.15) is 5.76 Å². The lowest BCUT2D eigenvalue weighted by Crippen LogP contribution is -2.41. The minimum Gasteiger partial charge on any atom is -0.451 e. The van der Waals surface area contributed by atoms with Gasteiger partial charge in [-0.05, 0) is 46.9 Å². The topological polar surface area (TPSA) is 117 Å². The van der Waals surface area contributed by atoms with Crippen molar-refractivity contribution in [2.24, 2.45) is 0 Å². The number of nitrogens with one attached hydrogen (secondary N) is 3. The van der Waals surface area contributed by atoms with Gasteiger partial charge in [0.2, 0.25) is 0 Å². The van der Waals surface area contributed by atoms with E-state index in [1.165, 1.54) is 12.2 Å². The molecular formula is C16H11IN4O4. The molecule has 0 aliphatic rings. The molecule has 0 fully saturated rings. The Morgan fingerprint density at radius 2 is 1.88 bits per heavy atom. The van der Waals surface area contributed by atoms with Crippen LogP contribution >= 0.6 is 22.6 Å². The molecule has 0 bridgehead atoms. The number of carbonyl (C=O) groups is 2. The van der Waals surface area contributed by atoms with Crippen LogP contribution in [0.2, 0.25) is 0 Å². The molecular weight excluding hydrogens is 439 g/mol. The number of halogens is 1. The largest absolute Gasteiger partial charge is 0.451 e. The minimum absolute atomic E-state index is 0.0000629. The SMILES string of the molecule is O=C(/C=C/c1ccc(I)o1)NNC(=O)c1n[nH]c(=O)c2ccccc12. The van der Waals surface area contributed by atoms with Crippen LogP contribution in [0.25, 0.3) is 16.8 Å². The summed E-state index contributed by atoms with van der Waals surface area (Å²) in [5, 5.41) is 6.72. The lowest BCUT2D eigenvalue weighted by atomic mass is 10.1. The number of benzene rings is 1. The lowest BCUT2D eigenvalue weighted by molar-refractivity contribution is -0.117. The summed E-state index contributed by atoms with van der Waals surface area (Å²) in [6.07, 6.45) is 2.69. The molecule has 0 aliphatic carbocycles. The van der Waals surface area contributed by atoms with Crippen molar-refractivity contribution in [2.75, 3.05) is 0 Å². The number of hydrogen-bond acceptors (Lipinski definition) is 5. The van der Waals surface area contributed by atoms with Gasteiger partial charge in [-0.1, -0.05) is 18.2 Å². The Morgan fingerprint density at radius 1 is 1.12 bits per heavy atom. The molecule has 2 amide bonds. The number of hydrazine groups is 1. The Morgan fingerprint density at radius 3 is 2.60 bits per heavy atom. The molecule has 126 valence electrons. The molecule has 0 aliphatic heterocycles. The molecule has 8 nitrogen and oxygen atoms in total. The maximum absolute atomic E-state index is 12.2. The molecule has 0 saturated carbocycles. The lowest BCUT2D eigenvalue weighted by Gasteiger charge is -2.06. The van der Waals surface area contributed by atoms with Gasteiger partial charge in [0.15, 0.2) is 9.46 Å². The molecule has 3 aromatic rings. The molecule has 0 spiro atoms. The van der Waals surface area contributed by atoms with Crippen molar-refractivity contribution in [3.8, 4) is 0 Å². The van der Waals surface area contributed by atoms with Crippen LogP contribution in [0.15, 0.2) is 51.7 Å². The maximum Gasteiger partial charge on any atom is 0.290 e. The Kier molecular flexibility index (Phi) is 4.93. The third-order valence-corrected chi connectivity index (χ3v) is 3.78. The van der Waals surface area contributed by atoms with E-state index in [2.05, 4.69) is 21.0 Å². The number of rotatable bonds is 3. The second-order valence-electron chi connectivity index (χ2n) is 4.87. The number of aromatic amines is 1. The van der Waals surface area contributed by atoms with Gasteiger partial charge in [-0.3, -0.25) is 25.2 Å². The Labute approximate surface area is 154 Å². The van der Waals surface area contributed by atoms with E-state index in [1.807, 2.05) is 22.6 Å². The maximum atomic E-state index is 12.2. The number of carbonyl (C=O) groups excluding carboxylic acids is 2. The van der Waals surface area contributed by atoms with Crippen LogP contribution in [0.1, 0.15) is 16.2 Å². The van der Waals surface area contributed by atoms with Gasteiger partial charge in [0.25, 0.3) is 17.4 Å². The fourth-order valence-electron chi connectivity index (χ4n) is 2.08. The van der Waals surface area contributed by atoms with E-state index >= 15 is 0 Å². The quantitative estimate of drug-likeness (QED) is 0.319. The summed E-state index contributed by atoms with van der Waals surface area (Å²) >= 11 is 2.01. The van der Waals surface area contributed by atoms with Crippen molar-refractivity contribution in [3.05, 3.63) is 68.0 Å². The molecule has 1 aromatic carbocycles. The summed E-state index contributed by atoms with van der Waals surface area (Å²) in [5.74, 6) is -0.686. The minimum atomic E-state index is -0.651. The second kappa shape index (κ2) is 7.30. The van der Waals surface area contributed by atoms with Crippen molar-refractivity contribution in [2.45, 2.75) is 0 Å². The summed E-state index contributed by atoms with van der Waals surface area (Å²) in [6.45, 7) is 0. The van der Waals surface area contributed by atoms with Crippen molar-refractivity contribution in [1.82, 2.24) is 21.0 Å². The molecule has 9 heteroatoms. The van der Waals surface area contributed by atoms with E-state index in [9.17, 15) is 14.4 Å². The third kappa shape index (κ3) is 3.94. The fraction of sp³-hybridized carbons (Fsp3) is 0. The van der Waals surface area contributed by atoms with Gasteiger partial charge in [0.05, 0.1) is 5.39 Å². The number of aromatic nitrogens is 2. The van der Waals surface area contributed by atoms with Crippen molar-refractivity contribution in [3.63, 3.8) is 0 Å². The summed E-state index contributed by atoms with van der Waals surface area (Å²) < 4.78 is 5.97. The van der Waals surface area contributed by atoms with E-state index in [0.29, 0.717) is 20.3 Å². The van der Waals surface area contributed by atoms with Gasteiger partial charge in [0, 0.05) is 11.5 Å². The van der Waals surface area contributed by atoms with Gasteiger partial charge in [-0.15, -0.1) is 0 Å². The molecule has 2 heterocycles. The number of fused-ring (bicyclic) bond motifs is 1. The number of furan rings is 1. The predicted molar refractivity (Wildman–Crippen MR) is 98.4 cm³/mol. The third-order valence-electron chi connectivity index (χ3n) is 3.20. The zero-order valence-corrected chi connectivity index (χ0v) is 14.7. The van der Waals surface area contributed by atoms with E-state index in [1.54, 1.807) is 36.4 Å². The molecule has 3 N–H and O–H groups in total. The van der Waals surface area contributed by atoms with Crippen LogP contribution < -0.4 is 16.4 Å². The van der Waals surface area contributed by atoms with Crippen LogP contribution in [0.4, 0.5) is 0 Å². The van der Waals surface area contributed by atoms with Crippen LogP contribution in [-0.4, -0.2) is 22.0 Å². The first-order valence-corrected chi connectivity index (χ1v) is 8.13. The number of nitrogens with zero attached hydrogens (tertiary/aromatic N) is 1. The Hall–Kier alpha value is -2.95. The summed E-state index contributed by atoms with van der Waals surface area (Å²) in [5.41, 5.74) is 4.09. The zero-order chi connectivity index (χ0) is 17.8. The first kappa shape index (κ1) is 16.9. The first-order valence-electron chi connectivity index (χ1n) is 7.06. The second-order valence-corrected chi connectivity index (χ2v) is 5.93. The van der Waals surface area contributed by atoms with E-state index in [4.69, 9.17) is 4.42 Å². The molecule has 2 aromatic heterocycles. The molecule has 0 unspecified atom stereocenters. The summed E-state index contributed by atoms with van der Waals surface area (Å²) in [6, 6.07) is 10.0. The molecule has 0 saturated heterocycles. The molecule has 0 atom stereocenters. The van der Waals surface area contributed by atoms with Gasteiger partial charge in [-0.25, -0.2) is 5.10 Å². The Balaban J connectivity index is 1.69. The smallest absolute Gasteiger partial charge is 0.290 e. The highest BCUT2D eigenvalue weighted by atomic mass is 127. The van der Waals surface area contributed by atoms with Gasteiger partial charge >= 0.3 is 0 Å². The van der Waals surface area contributed by atoms with Crippen molar-refractivity contribution >= 4 is 51.3 Å². The van der Waals surface area contributed by atoms with E-state index < -0.39 is 17.4 Å². The van der Waals surface area contributed by atoms with Gasteiger partial charge in [-0.2, -0.15) is 5.10 Å². The molecule has 0 radical (unpaired) electrons. The van der Waals surface area contributed by atoms with Gasteiger partial charge < -0.3 is 4.42 Å². The fourth-order valence-corrected chi connectivity index (χ4v) is 2.52. The van der Waals surface area contributed by atoms with E-state index in [0.717, 1.165) is 0 Å². The monoisotopic (exact) mass is 450 g/mol. The molecule has 25 heavy (non-hydrogen) atoms. The predicted octanol–water partition coefficient (Wildman–Crippen LogP) is 1.60.